The van der Waals surface area contributed by atoms with Crippen LogP contribution in [0.2, 0.25) is 0 Å². The average molecular weight is 375 g/mol. The van der Waals surface area contributed by atoms with E-state index in [1.54, 1.807) is 0 Å². The maximum Gasteiger partial charge on any atom is 0.0508 e. The van der Waals surface area contributed by atoms with Crippen molar-refractivity contribution < 1.29 is 0 Å². The highest BCUT2D eigenvalue weighted by atomic mass is 15.4. The molecule has 4 heteroatoms. The Balaban J connectivity index is 0.000000478. The summed E-state index contributed by atoms with van der Waals surface area (Å²) in [6, 6.07) is 10.8. The summed E-state index contributed by atoms with van der Waals surface area (Å²) in [5, 5.41) is 3.49. The van der Waals surface area contributed by atoms with Crippen molar-refractivity contribution in [2.45, 2.75) is 47.0 Å². The van der Waals surface area contributed by atoms with Crippen LogP contribution in [0.15, 0.2) is 30.3 Å². The predicted octanol–water partition coefficient (Wildman–Crippen LogP) is 3.89. The molecular formula is C23H42N4. The second kappa shape index (κ2) is 11.7. The van der Waals surface area contributed by atoms with Crippen LogP contribution in [0.1, 0.15) is 47.0 Å². The normalized spacial score (nSPS) is 22.1. The van der Waals surface area contributed by atoms with Gasteiger partial charge >= 0.3 is 0 Å². The maximum atomic E-state index is 3.49. The first-order chi connectivity index (χ1) is 13.2. The summed E-state index contributed by atoms with van der Waals surface area (Å²) in [6.07, 6.45) is 4.01. The molecule has 1 aromatic carbocycles. The third-order valence-electron chi connectivity index (χ3n) is 5.68. The monoisotopic (exact) mass is 374 g/mol. The minimum Gasteiger partial charge on any atom is -0.369 e. The summed E-state index contributed by atoms with van der Waals surface area (Å²) >= 11 is 0. The Morgan fingerprint density at radius 1 is 0.852 bits per heavy atom. The standard InChI is InChI=1S/C18H28N4.C3H8.C2H6/c1-2-4-17(5-3-1)22-12-10-20(11-13-22)16-21-14-18(15-21)6-8-19-9-7-18;1-3-2;1-2/h1-5,19H,6-16H2;3H2,1-2H3;1-2H3. The number of likely N-dealkylation sites (tertiary alicyclic amines) is 1. The molecule has 0 aromatic heterocycles. The first-order valence-corrected chi connectivity index (χ1v) is 11.2. The van der Waals surface area contributed by atoms with Gasteiger partial charge in [-0.3, -0.25) is 9.80 Å². The third kappa shape index (κ3) is 6.48. The van der Waals surface area contributed by atoms with E-state index in [1.165, 1.54) is 70.9 Å². The lowest BCUT2D eigenvalue weighted by Gasteiger charge is -2.54. The van der Waals surface area contributed by atoms with Crippen LogP contribution in [0.25, 0.3) is 0 Å². The number of piperazine rings is 1. The number of anilines is 1. The Morgan fingerprint density at radius 3 is 1.96 bits per heavy atom. The van der Waals surface area contributed by atoms with Crippen LogP contribution in [0.5, 0.6) is 0 Å². The molecule has 1 N–H and O–H groups in total. The SMILES string of the molecule is CC.CCC.c1ccc(N2CCN(CN3CC4(CCNCC4)C3)CC2)cc1. The third-order valence-corrected chi connectivity index (χ3v) is 5.68. The van der Waals surface area contributed by atoms with Gasteiger partial charge in [0.05, 0.1) is 6.67 Å². The Labute approximate surface area is 167 Å². The van der Waals surface area contributed by atoms with Crippen LogP contribution >= 0.6 is 0 Å². The zero-order valence-corrected chi connectivity index (χ0v) is 18.2. The highest BCUT2D eigenvalue weighted by Gasteiger charge is 2.43. The summed E-state index contributed by atoms with van der Waals surface area (Å²) < 4.78 is 0. The molecule has 3 fully saturated rings. The van der Waals surface area contributed by atoms with Crippen LogP contribution in [0.3, 0.4) is 0 Å². The van der Waals surface area contributed by atoms with Gasteiger partial charge in [-0.25, -0.2) is 0 Å². The van der Waals surface area contributed by atoms with Crippen molar-refractivity contribution in [1.82, 2.24) is 15.1 Å². The summed E-state index contributed by atoms with van der Waals surface area (Å²) in [6.45, 7) is 19.2. The summed E-state index contributed by atoms with van der Waals surface area (Å²) in [5.74, 6) is 0. The van der Waals surface area contributed by atoms with Crippen LogP contribution in [0.4, 0.5) is 5.69 Å². The Kier molecular flexibility index (Phi) is 9.60. The molecule has 3 aliphatic rings. The van der Waals surface area contributed by atoms with Crippen molar-refractivity contribution in [1.29, 1.82) is 0 Å². The van der Waals surface area contributed by atoms with Gasteiger partial charge in [0.2, 0.25) is 0 Å². The fourth-order valence-electron chi connectivity index (χ4n) is 4.34. The van der Waals surface area contributed by atoms with Gasteiger partial charge < -0.3 is 10.2 Å². The van der Waals surface area contributed by atoms with Crippen molar-refractivity contribution in [3.63, 3.8) is 0 Å². The summed E-state index contributed by atoms with van der Waals surface area (Å²) in [4.78, 5) is 7.80. The largest absolute Gasteiger partial charge is 0.369 e. The number of rotatable bonds is 3. The zero-order chi connectivity index (χ0) is 19.5. The second-order valence-electron chi connectivity index (χ2n) is 8.03. The molecular weight excluding hydrogens is 332 g/mol. The van der Waals surface area contributed by atoms with Gasteiger partial charge in [-0.2, -0.15) is 0 Å². The van der Waals surface area contributed by atoms with E-state index in [0.29, 0.717) is 5.41 Å². The predicted molar refractivity (Wildman–Crippen MR) is 119 cm³/mol. The molecule has 0 aliphatic carbocycles. The van der Waals surface area contributed by atoms with Crippen molar-refractivity contribution >= 4 is 5.69 Å². The van der Waals surface area contributed by atoms with Gasteiger partial charge in [-0.1, -0.05) is 52.3 Å². The zero-order valence-electron chi connectivity index (χ0n) is 18.2. The van der Waals surface area contributed by atoms with E-state index < -0.39 is 0 Å². The molecule has 0 saturated carbocycles. The minimum absolute atomic E-state index is 0.664. The molecule has 0 atom stereocenters. The van der Waals surface area contributed by atoms with Crippen LogP contribution in [-0.4, -0.2) is 68.8 Å². The fraction of sp³-hybridized carbons (Fsp3) is 0.739. The van der Waals surface area contributed by atoms with Crippen molar-refractivity contribution in [2.24, 2.45) is 5.41 Å². The fourth-order valence-corrected chi connectivity index (χ4v) is 4.34. The number of hydrogen-bond donors (Lipinski definition) is 1. The number of benzene rings is 1. The molecule has 3 saturated heterocycles. The van der Waals surface area contributed by atoms with E-state index in [4.69, 9.17) is 0 Å². The molecule has 154 valence electrons. The Morgan fingerprint density at radius 2 is 1.41 bits per heavy atom. The van der Waals surface area contributed by atoms with E-state index in [2.05, 4.69) is 64.2 Å². The number of nitrogens with zero attached hydrogens (tertiary/aromatic N) is 3. The summed E-state index contributed by atoms with van der Waals surface area (Å²) in [7, 11) is 0. The molecule has 0 radical (unpaired) electrons. The topological polar surface area (TPSA) is 21.8 Å². The van der Waals surface area contributed by atoms with Gasteiger partial charge in [-0.05, 0) is 43.5 Å². The van der Waals surface area contributed by atoms with E-state index in [0.717, 1.165) is 13.1 Å². The van der Waals surface area contributed by atoms with Gasteiger partial charge in [0.1, 0.15) is 0 Å². The molecule has 4 nitrogen and oxygen atoms in total. The van der Waals surface area contributed by atoms with E-state index in [1.807, 2.05) is 13.8 Å². The van der Waals surface area contributed by atoms with Gasteiger partial charge in [-0.15, -0.1) is 0 Å². The number of nitrogens with one attached hydrogen (secondary N) is 1. The Hall–Kier alpha value is -1.10. The first-order valence-electron chi connectivity index (χ1n) is 11.2. The van der Waals surface area contributed by atoms with Crippen molar-refractivity contribution in [3.8, 4) is 0 Å². The smallest absolute Gasteiger partial charge is 0.0508 e. The highest BCUT2D eigenvalue weighted by Crippen LogP contribution is 2.38. The lowest BCUT2D eigenvalue weighted by Crippen LogP contribution is -2.63. The van der Waals surface area contributed by atoms with Crippen molar-refractivity contribution in [2.75, 3.05) is 63.9 Å². The molecule has 27 heavy (non-hydrogen) atoms. The maximum absolute atomic E-state index is 3.49. The molecule has 0 unspecified atom stereocenters. The molecule has 0 amide bonds. The van der Waals surface area contributed by atoms with Gasteiger partial charge in [0.25, 0.3) is 0 Å². The molecule has 3 heterocycles. The van der Waals surface area contributed by atoms with Crippen LogP contribution in [0, 0.1) is 5.41 Å². The molecule has 3 aliphatic heterocycles. The molecule has 4 rings (SSSR count). The Bertz CT molecular complexity index is 482. The number of piperidine rings is 1. The number of hydrogen-bond acceptors (Lipinski definition) is 4. The number of para-hydroxylation sites is 1. The quantitative estimate of drug-likeness (QED) is 0.866. The van der Waals surface area contributed by atoms with Crippen LogP contribution in [-0.2, 0) is 0 Å². The van der Waals surface area contributed by atoms with Crippen molar-refractivity contribution in [3.05, 3.63) is 30.3 Å². The molecule has 1 aromatic rings. The van der Waals surface area contributed by atoms with E-state index in [9.17, 15) is 0 Å². The first kappa shape index (κ1) is 22.2. The van der Waals surface area contributed by atoms with Gasteiger partial charge in [0, 0.05) is 45.0 Å². The van der Waals surface area contributed by atoms with Gasteiger partial charge in [0.15, 0.2) is 0 Å². The van der Waals surface area contributed by atoms with E-state index >= 15 is 0 Å². The van der Waals surface area contributed by atoms with E-state index in [-0.39, 0.29) is 0 Å². The summed E-state index contributed by atoms with van der Waals surface area (Å²) in [5.41, 5.74) is 2.04. The molecule has 0 bridgehead atoms. The van der Waals surface area contributed by atoms with Crippen LogP contribution < -0.4 is 10.2 Å². The highest BCUT2D eigenvalue weighted by molar-refractivity contribution is 5.46. The average Bonchev–Trinajstić information content (AvgIpc) is 2.71. The second-order valence-corrected chi connectivity index (χ2v) is 8.03. The lowest BCUT2D eigenvalue weighted by atomic mass is 9.72. The minimum atomic E-state index is 0.664. The molecule has 1 spiro atoms. The lowest BCUT2D eigenvalue weighted by molar-refractivity contribution is -0.0541.